The molecule has 0 atom stereocenters. The highest BCUT2D eigenvalue weighted by Crippen LogP contribution is 2.19. The predicted octanol–water partition coefficient (Wildman–Crippen LogP) is -0.468. The van der Waals surface area contributed by atoms with E-state index in [4.69, 9.17) is 5.73 Å². The van der Waals surface area contributed by atoms with Gasteiger partial charge in [0.1, 0.15) is 0 Å². The van der Waals surface area contributed by atoms with Crippen LogP contribution in [0.15, 0.2) is 17.3 Å². The fourth-order valence-corrected chi connectivity index (χ4v) is 3.43. The molecule has 1 saturated heterocycles. The molecular formula is C9H16N4O2S. The fraction of sp³-hybridized carbons (Fsp3) is 0.667. The third-order valence-corrected chi connectivity index (χ3v) is 4.85. The van der Waals surface area contributed by atoms with Crippen LogP contribution in [0.25, 0.3) is 0 Å². The van der Waals surface area contributed by atoms with Gasteiger partial charge in [-0.15, -0.1) is 0 Å². The summed E-state index contributed by atoms with van der Waals surface area (Å²) in [5.41, 5.74) is 5.75. The molecule has 0 aromatic carbocycles. The number of hydrogen-bond donors (Lipinski definition) is 1. The van der Waals surface area contributed by atoms with Crippen LogP contribution < -0.4 is 5.73 Å². The highest BCUT2D eigenvalue weighted by atomic mass is 32.2. The van der Waals surface area contributed by atoms with E-state index in [1.165, 1.54) is 21.3 Å². The van der Waals surface area contributed by atoms with Gasteiger partial charge < -0.3 is 5.73 Å². The van der Waals surface area contributed by atoms with Crippen molar-refractivity contribution in [3.63, 3.8) is 0 Å². The van der Waals surface area contributed by atoms with Crippen molar-refractivity contribution >= 4 is 10.0 Å². The van der Waals surface area contributed by atoms with Crippen molar-refractivity contribution < 1.29 is 8.42 Å². The van der Waals surface area contributed by atoms with Gasteiger partial charge in [0.2, 0.25) is 0 Å². The van der Waals surface area contributed by atoms with E-state index in [0.29, 0.717) is 13.1 Å². The van der Waals surface area contributed by atoms with Gasteiger partial charge in [-0.2, -0.15) is 9.40 Å². The Labute approximate surface area is 95.1 Å². The van der Waals surface area contributed by atoms with Gasteiger partial charge in [-0.25, -0.2) is 8.42 Å². The maximum atomic E-state index is 12.2. The lowest BCUT2D eigenvalue weighted by atomic mass is 10.1. The lowest BCUT2D eigenvalue weighted by Crippen LogP contribution is -2.43. The first kappa shape index (κ1) is 11.6. The second-order valence-corrected chi connectivity index (χ2v) is 5.92. The van der Waals surface area contributed by atoms with E-state index >= 15 is 0 Å². The van der Waals surface area contributed by atoms with E-state index in [-0.39, 0.29) is 11.1 Å². The van der Waals surface area contributed by atoms with Crippen molar-refractivity contribution in [2.24, 2.45) is 12.8 Å². The summed E-state index contributed by atoms with van der Waals surface area (Å²) in [4.78, 5) is 0. The van der Waals surface area contributed by atoms with E-state index in [9.17, 15) is 8.42 Å². The van der Waals surface area contributed by atoms with Gasteiger partial charge in [0.15, 0.2) is 5.03 Å². The Bertz CT molecular complexity index is 460. The molecule has 2 rings (SSSR count). The predicted molar refractivity (Wildman–Crippen MR) is 59.2 cm³/mol. The average Bonchev–Trinajstić information content (AvgIpc) is 2.66. The number of nitrogens with two attached hydrogens (primary N) is 1. The zero-order chi connectivity index (χ0) is 11.8. The second kappa shape index (κ2) is 4.15. The van der Waals surface area contributed by atoms with E-state index < -0.39 is 10.0 Å². The normalized spacial score (nSPS) is 20.1. The van der Waals surface area contributed by atoms with Crippen molar-refractivity contribution in [3.8, 4) is 0 Å². The standard InChI is InChI=1S/C9H16N4O2S/c1-12-9(2-5-11-12)16(14,15)13-6-3-8(10)4-7-13/h2,5,8H,3-4,6-7,10H2,1H3. The van der Waals surface area contributed by atoms with E-state index in [1.807, 2.05) is 0 Å². The molecule has 0 amide bonds. The summed E-state index contributed by atoms with van der Waals surface area (Å²) in [5, 5.41) is 4.12. The monoisotopic (exact) mass is 244 g/mol. The summed E-state index contributed by atoms with van der Waals surface area (Å²) in [7, 11) is -1.77. The third-order valence-electron chi connectivity index (χ3n) is 2.88. The smallest absolute Gasteiger partial charge is 0.260 e. The van der Waals surface area contributed by atoms with Crippen LogP contribution in [0.2, 0.25) is 0 Å². The van der Waals surface area contributed by atoms with Crippen molar-refractivity contribution in [2.45, 2.75) is 23.9 Å². The van der Waals surface area contributed by atoms with Gasteiger partial charge >= 0.3 is 0 Å². The Morgan fingerprint density at radius 3 is 2.56 bits per heavy atom. The van der Waals surface area contributed by atoms with Gasteiger partial charge in [-0.3, -0.25) is 4.68 Å². The third kappa shape index (κ3) is 1.98. The minimum absolute atomic E-state index is 0.123. The number of rotatable bonds is 2. The van der Waals surface area contributed by atoms with Gasteiger partial charge in [-0.05, 0) is 18.9 Å². The van der Waals surface area contributed by atoms with Crippen LogP contribution in [0.3, 0.4) is 0 Å². The van der Waals surface area contributed by atoms with Gasteiger partial charge in [0.25, 0.3) is 10.0 Å². The van der Waals surface area contributed by atoms with Gasteiger partial charge in [-0.1, -0.05) is 0 Å². The van der Waals surface area contributed by atoms with Crippen molar-refractivity contribution in [1.29, 1.82) is 0 Å². The minimum atomic E-state index is -3.39. The molecule has 0 aliphatic carbocycles. The first-order chi connectivity index (χ1) is 7.51. The summed E-state index contributed by atoms with van der Waals surface area (Å²) in [6.45, 7) is 0.989. The summed E-state index contributed by atoms with van der Waals surface area (Å²) < 4.78 is 27.3. The first-order valence-corrected chi connectivity index (χ1v) is 6.69. The molecule has 0 saturated carbocycles. The lowest BCUT2D eigenvalue weighted by Gasteiger charge is -2.29. The lowest BCUT2D eigenvalue weighted by molar-refractivity contribution is 0.318. The fourth-order valence-electron chi connectivity index (χ4n) is 1.86. The number of aromatic nitrogens is 2. The highest BCUT2D eigenvalue weighted by Gasteiger charge is 2.29. The average molecular weight is 244 g/mol. The molecule has 0 unspecified atom stereocenters. The molecule has 1 aliphatic heterocycles. The molecule has 6 nitrogen and oxygen atoms in total. The van der Waals surface area contributed by atoms with Crippen LogP contribution >= 0.6 is 0 Å². The summed E-state index contributed by atoms with van der Waals surface area (Å²) >= 11 is 0. The van der Waals surface area contributed by atoms with Gasteiger partial charge in [0.05, 0.1) is 6.20 Å². The van der Waals surface area contributed by atoms with Crippen LogP contribution in [0.1, 0.15) is 12.8 Å². The molecular weight excluding hydrogens is 228 g/mol. The van der Waals surface area contributed by atoms with Crippen LogP contribution in [0.5, 0.6) is 0 Å². The molecule has 7 heteroatoms. The quantitative estimate of drug-likeness (QED) is 0.762. The number of piperidine rings is 1. The Hall–Kier alpha value is -0.920. The topological polar surface area (TPSA) is 81.2 Å². The molecule has 16 heavy (non-hydrogen) atoms. The number of nitrogens with zero attached hydrogens (tertiary/aromatic N) is 3. The molecule has 0 radical (unpaired) electrons. The van der Waals surface area contributed by atoms with Crippen LogP contribution in [-0.4, -0.2) is 41.6 Å². The number of sulfonamides is 1. The molecule has 0 spiro atoms. The van der Waals surface area contributed by atoms with E-state index in [2.05, 4.69) is 5.10 Å². The highest BCUT2D eigenvalue weighted by molar-refractivity contribution is 7.89. The van der Waals surface area contributed by atoms with Crippen molar-refractivity contribution in [2.75, 3.05) is 13.1 Å². The maximum absolute atomic E-state index is 12.2. The van der Waals surface area contributed by atoms with Crippen LogP contribution in [0, 0.1) is 0 Å². The molecule has 0 bridgehead atoms. The maximum Gasteiger partial charge on any atom is 0.260 e. The van der Waals surface area contributed by atoms with Gasteiger partial charge in [0, 0.05) is 26.2 Å². The minimum Gasteiger partial charge on any atom is -0.328 e. The molecule has 1 aliphatic rings. The zero-order valence-corrected chi connectivity index (χ0v) is 10.0. The van der Waals surface area contributed by atoms with E-state index in [1.54, 1.807) is 7.05 Å². The largest absolute Gasteiger partial charge is 0.328 e. The number of hydrogen-bond acceptors (Lipinski definition) is 4. The molecule has 1 aromatic rings. The second-order valence-electron chi connectivity index (χ2n) is 4.03. The van der Waals surface area contributed by atoms with Crippen molar-refractivity contribution in [1.82, 2.24) is 14.1 Å². The molecule has 1 fully saturated rings. The zero-order valence-electron chi connectivity index (χ0n) is 9.20. The Morgan fingerprint density at radius 2 is 2.06 bits per heavy atom. The number of aryl methyl sites for hydroxylation is 1. The Kier molecular flexibility index (Phi) is 3.00. The summed E-state index contributed by atoms with van der Waals surface area (Å²) in [6, 6.07) is 1.64. The van der Waals surface area contributed by atoms with Crippen LogP contribution in [0.4, 0.5) is 0 Å². The molecule has 90 valence electrons. The summed E-state index contributed by atoms with van der Waals surface area (Å²) in [6.07, 6.45) is 2.93. The van der Waals surface area contributed by atoms with Crippen molar-refractivity contribution in [3.05, 3.63) is 12.3 Å². The molecule has 1 aromatic heterocycles. The first-order valence-electron chi connectivity index (χ1n) is 5.25. The van der Waals surface area contributed by atoms with Crippen LogP contribution in [-0.2, 0) is 17.1 Å². The molecule has 2 N–H and O–H groups in total. The Balaban J connectivity index is 2.23. The SMILES string of the molecule is Cn1nccc1S(=O)(=O)N1CCC(N)CC1. The molecule has 2 heterocycles. The Morgan fingerprint density at radius 1 is 1.44 bits per heavy atom. The van der Waals surface area contributed by atoms with E-state index in [0.717, 1.165) is 12.8 Å². The summed E-state index contributed by atoms with van der Waals surface area (Å²) in [5.74, 6) is 0.